The molecule has 1 fully saturated rings. The zero-order chi connectivity index (χ0) is 25.2. The lowest BCUT2D eigenvalue weighted by molar-refractivity contribution is 0.0960. The van der Waals surface area contributed by atoms with Gasteiger partial charge in [-0.3, -0.25) is 4.79 Å². The normalized spacial score (nSPS) is 14.2. The highest BCUT2D eigenvalue weighted by Gasteiger charge is 2.23. The average molecular weight is 491 g/mol. The average Bonchev–Trinajstić information content (AvgIpc) is 3.28. The summed E-state index contributed by atoms with van der Waals surface area (Å²) in [4.78, 5) is 33.3. The first-order valence-corrected chi connectivity index (χ1v) is 11.6. The maximum Gasteiger partial charge on any atom is 0.260 e. The van der Waals surface area contributed by atoms with Crippen molar-refractivity contribution in [1.82, 2.24) is 30.2 Å². The zero-order valence-corrected chi connectivity index (χ0v) is 20.3. The number of aromatic amines is 1. The number of amides is 1. The summed E-state index contributed by atoms with van der Waals surface area (Å²) in [5, 5.41) is 6.03. The number of ether oxygens (including phenoxy) is 1. The Morgan fingerprint density at radius 2 is 1.92 bits per heavy atom. The first kappa shape index (κ1) is 23.5. The van der Waals surface area contributed by atoms with Crippen molar-refractivity contribution >= 4 is 34.1 Å². The fourth-order valence-electron chi connectivity index (χ4n) is 4.18. The van der Waals surface area contributed by atoms with Crippen molar-refractivity contribution < 1.29 is 13.9 Å². The van der Waals surface area contributed by atoms with Gasteiger partial charge in [-0.05, 0) is 44.3 Å². The predicted octanol–water partition coefficient (Wildman–Crippen LogP) is 3.45. The van der Waals surface area contributed by atoms with E-state index in [9.17, 15) is 4.79 Å². The molecule has 0 bridgehead atoms. The second kappa shape index (κ2) is 9.78. The topological polar surface area (TPSA) is 111 Å². The van der Waals surface area contributed by atoms with Crippen LogP contribution in [0.15, 0.2) is 42.9 Å². The van der Waals surface area contributed by atoms with Gasteiger partial charge in [0.2, 0.25) is 5.88 Å². The number of carbonyl (C=O) groups is 1. The Labute approximate surface area is 207 Å². The third kappa shape index (κ3) is 4.65. The molecular weight excluding hydrogens is 463 g/mol. The molecule has 36 heavy (non-hydrogen) atoms. The smallest absolute Gasteiger partial charge is 0.260 e. The fraction of sp³-hybridized carbons (Fsp3) is 0.280. The van der Waals surface area contributed by atoms with E-state index >= 15 is 4.39 Å². The van der Waals surface area contributed by atoms with Crippen molar-refractivity contribution in [3.63, 3.8) is 0 Å². The van der Waals surface area contributed by atoms with E-state index in [2.05, 4.69) is 47.4 Å². The molecule has 4 heterocycles. The van der Waals surface area contributed by atoms with E-state index in [-0.39, 0.29) is 23.0 Å². The first-order chi connectivity index (χ1) is 17.4. The molecule has 10 nitrogen and oxygen atoms in total. The molecule has 1 saturated heterocycles. The van der Waals surface area contributed by atoms with Crippen LogP contribution in [0.25, 0.3) is 10.9 Å². The van der Waals surface area contributed by atoms with Crippen LogP contribution in [-0.4, -0.2) is 71.0 Å². The molecule has 1 aliphatic heterocycles. The highest BCUT2D eigenvalue weighted by atomic mass is 19.1. The van der Waals surface area contributed by atoms with E-state index in [1.54, 1.807) is 18.3 Å². The van der Waals surface area contributed by atoms with Gasteiger partial charge in [0.05, 0.1) is 11.9 Å². The number of hydrogen-bond donors (Lipinski definition) is 3. The number of nitrogens with one attached hydrogen (secondary N) is 3. The van der Waals surface area contributed by atoms with Gasteiger partial charge in [0.15, 0.2) is 17.4 Å². The third-order valence-electron chi connectivity index (χ3n) is 6.17. The number of H-pyrrole nitrogens is 1. The van der Waals surface area contributed by atoms with Crippen LogP contribution < -0.4 is 20.3 Å². The molecule has 11 heteroatoms. The maximum atomic E-state index is 15.1. The van der Waals surface area contributed by atoms with Crippen LogP contribution in [0.5, 0.6) is 11.6 Å². The number of benzene rings is 1. The highest BCUT2D eigenvalue weighted by Crippen LogP contribution is 2.33. The second-order valence-corrected chi connectivity index (χ2v) is 8.69. The van der Waals surface area contributed by atoms with E-state index in [0.29, 0.717) is 16.7 Å². The minimum Gasteiger partial charge on any atom is -0.435 e. The fourth-order valence-corrected chi connectivity index (χ4v) is 4.18. The van der Waals surface area contributed by atoms with Crippen LogP contribution in [0, 0.1) is 12.7 Å². The second-order valence-electron chi connectivity index (χ2n) is 8.69. The lowest BCUT2D eigenvalue weighted by Crippen LogP contribution is -2.44. The minimum absolute atomic E-state index is 0.0368. The summed E-state index contributed by atoms with van der Waals surface area (Å²) in [6, 6.07) is 8.71. The van der Waals surface area contributed by atoms with Gasteiger partial charge in [-0.25, -0.2) is 19.3 Å². The van der Waals surface area contributed by atoms with Gasteiger partial charge in [0, 0.05) is 49.8 Å². The van der Waals surface area contributed by atoms with Crippen LogP contribution in [0.2, 0.25) is 0 Å². The standard InChI is InChI=1S/C25H27FN8O2/c1-15-12-17-18(31-15)5-6-19(22(17)26)36-25-21(24(35)27-2)23(29-14-30-25)32-20-7-4-16(13-28-20)34-10-8-33(3)9-11-34/h4-7,12-14,31H,8-11H2,1-3H3,(H,27,35)(H,28,29,30,32). The molecule has 0 saturated carbocycles. The molecule has 3 N–H and O–H groups in total. The Hall–Kier alpha value is -4.25. The molecule has 186 valence electrons. The van der Waals surface area contributed by atoms with Crippen molar-refractivity contribution in [2.24, 2.45) is 0 Å². The molecule has 5 rings (SSSR count). The Morgan fingerprint density at radius 3 is 2.64 bits per heavy atom. The molecule has 4 aromatic rings. The number of pyridine rings is 1. The van der Waals surface area contributed by atoms with Crippen molar-refractivity contribution in [2.75, 3.05) is 50.5 Å². The van der Waals surface area contributed by atoms with Gasteiger partial charge in [-0.2, -0.15) is 0 Å². The van der Waals surface area contributed by atoms with Gasteiger partial charge in [0.25, 0.3) is 5.91 Å². The zero-order valence-electron chi connectivity index (χ0n) is 20.3. The highest BCUT2D eigenvalue weighted by molar-refractivity contribution is 6.01. The summed E-state index contributed by atoms with van der Waals surface area (Å²) in [7, 11) is 3.60. The summed E-state index contributed by atoms with van der Waals surface area (Å²) < 4.78 is 20.9. The molecule has 0 unspecified atom stereocenters. The summed E-state index contributed by atoms with van der Waals surface area (Å²) in [5.74, 6) is -0.469. The number of halogens is 1. The number of aromatic nitrogens is 4. The van der Waals surface area contributed by atoms with Crippen molar-refractivity contribution in [3.05, 3.63) is 59.9 Å². The third-order valence-corrected chi connectivity index (χ3v) is 6.17. The monoisotopic (exact) mass is 490 g/mol. The summed E-state index contributed by atoms with van der Waals surface area (Å²) >= 11 is 0. The van der Waals surface area contributed by atoms with Crippen LogP contribution in [0.4, 0.5) is 21.7 Å². The molecule has 1 aliphatic rings. The summed E-state index contributed by atoms with van der Waals surface area (Å²) in [6.07, 6.45) is 3.04. The molecular formula is C25H27FN8O2. The quantitative estimate of drug-likeness (QED) is 0.377. The molecule has 1 aromatic carbocycles. The van der Waals surface area contributed by atoms with Gasteiger partial charge in [-0.1, -0.05) is 0 Å². The Morgan fingerprint density at radius 1 is 1.11 bits per heavy atom. The Kier molecular flexibility index (Phi) is 6.38. The molecule has 0 atom stereocenters. The number of carbonyl (C=O) groups excluding carboxylic acids is 1. The molecule has 3 aromatic heterocycles. The van der Waals surface area contributed by atoms with Crippen LogP contribution in [0.1, 0.15) is 16.1 Å². The van der Waals surface area contributed by atoms with Gasteiger partial charge < -0.3 is 30.2 Å². The van der Waals surface area contributed by atoms with Gasteiger partial charge >= 0.3 is 0 Å². The number of fused-ring (bicyclic) bond motifs is 1. The lowest BCUT2D eigenvalue weighted by atomic mass is 10.2. The van der Waals surface area contributed by atoms with E-state index in [1.807, 2.05) is 19.1 Å². The van der Waals surface area contributed by atoms with Crippen molar-refractivity contribution in [2.45, 2.75) is 6.92 Å². The number of likely N-dealkylation sites (N-methyl/N-ethyl adjacent to an activating group) is 1. The number of rotatable bonds is 6. The number of nitrogens with zero attached hydrogens (tertiary/aromatic N) is 5. The number of aryl methyl sites for hydroxylation is 1. The molecule has 0 radical (unpaired) electrons. The van der Waals surface area contributed by atoms with Gasteiger partial charge in [-0.15, -0.1) is 0 Å². The van der Waals surface area contributed by atoms with E-state index in [0.717, 1.165) is 37.6 Å². The maximum absolute atomic E-state index is 15.1. The largest absolute Gasteiger partial charge is 0.435 e. The van der Waals surface area contributed by atoms with Crippen molar-refractivity contribution in [1.29, 1.82) is 0 Å². The van der Waals surface area contributed by atoms with E-state index in [1.165, 1.54) is 19.4 Å². The lowest BCUT2D eigenvalue weighted by Gasteiger charge is -2.33. The molecule has 1 amide bonds. The van der Waals surface area contributed by atoms with Crippen LogP contribution in [-0.2, 0) is 0 Å². The molecule has 0 aliphatic carbocycles. The number of piperazine rings is 1. The molecule has 0 spiro atoms. The minimum atomic E-state index is -0.547. The number of hydrogen-bond acceptors (Lipinski definition) is 8. The summed E-state index contributed by atoms with van der Waals surface area (Å²) in [5.41, 5.74) is 2.54. The van der Waals surface area contributed by atoms with Crippen LogP contribution in [0.3, 0.4) is 0 Å². The Bertz CT molecular complexity index is 1400. The predicted molar refractivity (Wildman–Crippen MR) is 136 cm³/mol. The number of anilines is 3. The SMILES string of the molecule is CNC(=O)c1c(Nc2ccc(N3CCN(C)CC3)cn2)ncnc1Oc1ccc2[nH]c(C)cc2c1F. The summed E-state index contributed by atoms with van der Waals surface area (Å²) in [6.45, 7) is 5.71. The van der Waals surface area contributed by atoms with Gasteiger partial charge in [0.1, 0.15) is 17.7 Å². The van der Waals surface area contributed by atoms with Crippen molar-refractivity contribution in [3.8, 4) is 11.6 Å². The van der Waals surface area contributed by atoms with Crippen LogP contribution >= 0.6 is 0 Å². The Balaban J connectivity index is 1.42. The first-order valence-electron chi connectivity index (χ1n) is 11.6. The van der Waals surface area contributed by atoms with E-state index in [4.69, 9.17) is 4.74 Å². The van der Waals surface area contributed by atoms with E-state index < -0.39 is 11.7 Å².